The van der Waals surface area contributed by atoms with E-state index in [9.17, 15) is 13.2 Å². The van der Waals surface area contributed by atoms with E-state index in [-0.39, 0.29) is 17.7 Å². The second-order valence-corrected chi connectivity index (χ2v) is 7.90. The van der Waals surface area contributed by atoms with Gasteiger partial charge in [0.1, 0.15) is 0 Å². The first-order valence-corrected chi connectivity index (χ1v) is 10.5. The van der Waals surface area contributed by atoms with Crippen molar-refractivity contribution in [2.24, 2.45) is 0 Å². The van der Waals surface area contributed by atoms with Gasteiger partial charge < -0.3 is 13.8 Å². The molecule has 0 aliphatic heterocycles. The minimum Gasteiger partial charge on any atom is -0.493 e. The van der Waals surface area contributed by atoms with E-state index in [0.29, 0.717) is 17.9 Å². The number of carbonyl (C=O) groups excluding carboxylic acids is 1. The number of benzene rings is 2. The lowest BCUT2D eigenvalue weighted by molar-refractivity contribution is 0.0671. The molecule has 27 heavy (non-hydrogen) atoms. The molecule has 6 nitrogen and oxygen atoms in total. The molecule has 0 aromatic heterocycles. The molecular weight excluding hydrogens is 366 g/mol. The number of hydrogen-bond acceptors (Lipinski definition) is 5. The van der Waals surface area contributed by atoms with E-state index < -0.39 is 10.1 Å². The van der Waals surface area contributed by atoms with Gasteiger partial charge in [-0.15, -0.1) is 0 Å². The topological polar surface area (TPSA) is 72.9 Å². The smallest absolute Gasteiger partial charge is 0.306 e. The van der Waals surface area contributed by atoms with Crippen LogP contribution in [0.2, 0.25) is 0 Å². The first-order chi connectivity index (χ1) is 12.7. The summed E-state index contributed by atoms with van der Waals surface area (Å²) in [6.45, 7) is 4.33. The molecule has 0 bridgehead atoms. The highest BCUT2D eigenvalue weighted by molar-refractivity contribution is 7.86. The molecule has 0 saturated heterocycles. The van der Waals surface area contributed by atoms with Gasteiger partial charge in [0.05, 0.1) is 13.4 Å². The Morgan fingerprint density at radius 3 is 2.33 bits per heavy atom. The van der Waals surface area contributed by atoms with Gasteiger partial charge in [-0.2, -0.15) is 8.42 Å². The van der Waals surface area contributed by atoms with E-state index in [0.717, 1.165) is 18.2 Å². The van der Waals surface area contributed by atoms with Crippen LogP contribution < -0.4 is 8.92 Å². The standard InChI is InChI=1S/C20H25NO5S/c1-5-15(2)21(20(22)17-9-7-6-8-10-17)14-16-11-12-18(25-3)19(13-16)26-27(4,23)24/h6-13,15H,5,14H2,1-4H3/t15-/m0/s1. The van der Waals surface area contributed by atoms with Crippen molar-refractivity contribution in [3.05, 3.63) is 59.7 Å². The van der Waals surface area contributed by atoms with Crippen LogP contribution in [0.5, 0.6) is 11.5 Å². The normalized spacial score (nSPS) is 12.3. The van der Waals surface area contributed by atoms with Crippen LogP contribution in [0.15, 0.2) is 48.5 Å². The maximum Gasteiger partial charge on any atom is 0.306 e. The lowest BCUT2D eigenvalue weighted by Crippen LogP contribution is -2.37. The summed E-state index contributed by atoms with van der Waals surface area (Å²) >= 11 is 0. The van der Waals surface area contributed by atoms with Crippen molar-refractivity contribution in [1.82, 2.24) is 4.90 Å². The van der Waals surface area contributed by atoms with E-state index >= 15 is 0 Å². The molecule has 2 aromatic carbocycles. The van der Waals surface area contributed by atoms with E-state index in [1.807, 2.05) is 32.0 Å². The number of hydrogen-bond donors (Lipinski definition) is 0. The van der Waals surface area contributed by atoms with Crippen LogP contribution in [0.25, 0.3) is 0 Å². The van der Waals surface area contributed by atoms with Crippen LogP contribution in [-0.4, -0.2) is 38.6 Å². The lowest BCUT2D eigenvalue weighted by Gasteiger charge is -2.29. The first-order valence-electron chi connectivity index (χ1n) is 8.67. The molecule has 2 rings (SSSR count). The molecule has 0 unspecified atom stereocenters. The third-order valence-electron chi connectivity index (χ3n) is 4.23. The molecule has 7 heteroatoms. The maximum atomic E-state index is 13.0. The monoisotopic (exact) mass is 391 g/mol. The Morgan fingerprint density at radius 2 is 1.78 bits per heavy atom. The molecule has 0 heterocycles. The van der Waals surface area contributed by atoms with Crippen LogP contribution in [0, 0.1) is 0 Å². The molecule has 0 fully saturated rings. The minimum absolute atomic E-state index is 0.0130. The molecule has 2 aromatic rings. The van der Waals surface area contributed by atoms with Gasteiger partial charge in [-0.05, 0) is 43.2 Å². The Labute approximate surface area is 160 Å². The molecule has 146 valence electrons. The van der Waals surface area contributed by atoms with Crippen LogP contribution in [0.4, 0.5) is 0 Å². The van der Waals surface area contributed by atoms with Gasteiger partial charge in [0, 0.05) is 18.2 Å². The van der Waals surface area contributed by atoms with Crippen LogP contribution in [-0.2, 0) is 16.7 Å². The fraction of sp³-hybridized carbons (Fsp3) is 0.350. The van der Waals surface area contributed by atoms with Crippen molar-refractivity contribution in [2.75, 3.05) is 13.4 Å². The predicted octanol–water partition coefficient (Wildman–Crippen LogP) is 3.47. The van der Waals surface area contributed by atoms with Gasteiger partial charge in [0.2, 0.25) is 0 Å². The van der Waals surface area contributed by atoms with Crippen LogP contribution in [0.1, 0.15) is 36.2 Å². The fourth-order valence-electron chi connectivity index (χ4n) is 2.64. The second-order valence-electron chi connectivity index (χ2n) is 6.33. The Bertz CT molecular complexity index is 881. The highest BCUT2D eigenvalue weighted by Crippen LogP contribution is 2.30. The van der Waals surface area contributed by atoms with E-state index in [4.69, 9.17) is 8.92 Å². The second kappa shape index (κ2) is 8.90. The van der Waals surface area contributed by atoms with Crippen LogP contribution >= 0.6 is 0 Å². The number of methoxy groups -OCH3 is 1. The van der Waals surface area contributed by atoms with E-state index in [2.05, 4.69) is 0 Å². The Morgan fingerprint density at radius 1 is 1.11 bits per heavy atom. The summed E-state index contributed by atoms with van der Waals surface area (Å²) in [6, 6.07) is 14.1. The van der Waals surface area contributed by atoms with Crippen molar-refractivity contribution >= 4 is 16.0 Å². The number of nitrogens with zero attached hydrogens (tertiary/aromatic N) is 1. The Hall–Kier alpha value is -2.54. The highest BCUT2D eigenvalue weighted by atomic mass is 32.2. The number of rotatable bonds is 8. The summed E-state index contributed by atoms with van der Waals surface area (Å²) in [7, 11) is -2.26. The van der Waals surface area contributed by atoms with Gasteiger partial charge in [-0.25, -0.2) is 0 Å². The summed E-state index contributed by atoms with van der Waals surface area (Å²) in [5.74, 6) is 0.341. The third-order valence-corrected chi connectivity index (χ3v) is 4.71. The lowest BCUT2D eigenvalue weighted by atomic mass is 10.1. The summed E-state index contributed by atoms with van der Waals surface area (Å²) in [5.41, 5.74) is 1.36. The van der Waals surface area contributed by atoms with E-state index in [1.54, 1.807) is 35.2 Å². The van der Waals surface area contributed by atoms with Crippen LogP contribution in [0.3, 0.4) is 0 Å². The zero-order valence-corrected chi connectivity index (χ0v) is 16.8. The third kappa shape index (κ3) is 5.72. The van der Waals surface area contributed by atoms with Gasteiger partial charge in [0.25, 0.3) is 5.91 Å². The number of carbonyl (C=O) groups is 1. The fourth-order valence-corrected chi connectivity index (χ4v) is 3.10. The number of amides is 1. The quantitative estimate of drug-likeness (QED) is 0.644. The van der Waals surface area contributed by atoms with Crippen molar-refractivity contribution < 1.29 is 22.1 Å². The van der Waals surface area contributed by atoms with Crippen molar-refractivity contribution in [2.45, 2.75) is 32.9 Å². The zero-order valence-electron chi connectivity index (χ0n) is 16.0. The molecule has 0 aliphatic carbocycles. The zero-order chi connectivity index (χ0) is 20.0. The molecule has 1 amide bonds. The highest BCUT2D eigenvalue weighted by Gasteiger charge is 2.21. The molecule has 0 spiro atoms. The molecule has 0 N–H and O–H groups in total. The van der Waals surface area contributed by atoms with Crippen molar-refractivity contribution in [3.8, 4) is 11.5 Å². The van der Waals surface area contributed by atoms with Crippen molar-refractivity contribution in [3.63, 3.8) is 0 Å². The first kappa shape index (κ1) is 20.8. The largest absolute Gasteiger partial charge is 0.493 e. The maximum absolute atomic E-state index is 13.0. The predicted molar refractivity (Wildman–Crippen MR) is 105 cm³/mol. The number of ether oxygens (including phenoxy) is 1. The molecule has 0 radical (unpaired) electrons. The summed E-state index contributed by atoms with van der Waals surface area (Å²) in [6.07, 6.45) is 1.77. The van der Waals surface area contributed by atoms with Gasteiger partial charge >= 0.3 is 10.1 Å². The van der Waals surface area contributed by atoms with Gasteiger partial charge in [0.15, 0.2) is 11.5 Å². The Kier molecular flexibility index (Phi) is 6.85. The van der Waals surface area contributed by atoms with E-state index in [1.165, 1.54) is 7.11 Å². The summed E-state index contributed by atoms with van der Waals surface area (Å²) in [4.78, 5) is 14.7. The average molecular weight is 391 g/mol. The molecular formula is C20H25NO5S. The minimum atomic E-state index is -3.70. The summed E-state index contributed by atoms with van der Waals surface area (Å²) < 4.78 is 33.2. The summed E-state index contributed by atoms with van der Waals surface area (Å²) in [5, 5.41) is 0. The Balaban J connectivity index is 2.34. The average Bonchev–Trinajstić information content (AvgIpc) is 2.64. The SMILES string of the molecule is CC[C@H](C)N(Cc1ccc(OC)c(OS(C)(=O)=O)c1)C(=O)c1ccccc1. The van der Waals surface area contributed by atoms with Crippen molar-refractivity contribution in [1.29, 1.82) is 0 Å². The van der Waals surface area contributed by atoms with Gasteiger partial charge in [-0.1, -0.05) is 31.2 Å². The molecule has 0 aliphatic rings. The van der Waals surface area contributed by atoms with Gasteiger partial charge in [-0.3, -0.25) is 4.79 Å². The molecule has 1 atom stereocenters. The molecule has 0 saturated carbocycles.